The number of nitrogens with zero attached hydrogens (tertiary/aromatic N) is 1. The second-order valence-electron chi connectivity index (χ2n) is 6.64. The monoisotopic (exact) mass is 254 g/mol. The Kier molecular flexibility index (Phi) is 4.68. The van der Waals surface area contributed by atoms with Crippen LogP contribution in [0.4, 0.5) is 0 Å². The molecule has 0 radical (unpaired) electrons. The van der Waals surface area contributed by atoms with E-state index >= 15 is 0 Å². The second-order valence-corrected chi connectivity index (χ2v) is 6.64. The van der Waals surface area contributed by atoms with Gasteiger partial charge in [0.15, 0.2) is 0 Å². The molecule has 0 aromatic heterocycles. The number of rotatable bonds is 6. The Morgan fingerprint density at radius 3 is 2.33 bits per heavy atom. The van der Waals surface area contributed by atoms with E-state index in [2.05, 4.69) is 31.0 Å². The van der Waals surface area contributed by atoms with Crippen molar-refractivity contribution in [2.75, 3.05) is 20.2 Å². The van der Waals surface area contributed by atoms with Crippen molar-refractivity contribution in [3.8, 4) is 0 Å². The number of hydrogen-bond donors (Lipinski definition) is 1. The lowest BCUT2D eigenvalue weighted by molar-refractivity contribution is -0.0304. The molecule has 0 spiro atoms. The molecule has 1 N–H and O–H groups in total. The molecule has 0 amide bonds. The van der Waals surface area contributed by atoms with Crippen LogP contribution in [0, 0.1) is 0 Å². The van der Waals surface area contributed by atoms with Gasteiger partial charge in [-0.3, -0.25) is 4.90 Å². The molecule has 2 saturated heterocycles. The highest BCUT2D eigenvalue weighted by Gasteiger charge is 2.42. The van der Waals surface area contributed by atoms with Crippen LogP contribution >= 0.6 is 0 Å². The number of ether oxygens (including phenoxy) is 1. The van der Waals surface area contributed by atoms with Gasteiger partial charge in [-0.1, -0.05) is 6.92 Å². The summed E-state index contributed by atoms with van der Waals surface area (Å²) in [5, 5.41) is 3.71. The van der Waals surface area contributed by atoms with Crippen LogP contribution in [-0.4, -0.2) is 48.8 Å². The van der Waals surface area contributed by atoms with Gasteiger partial charge in [0.25, 0.3) is 0 Å². The van der Waals surface area contributed by atoms with Gasteiger partial charge in [0.2, 0.25) is 0 Å². The maximum absolute atomic E-state index is 5.60. The molecule has 2 heterocycles. The summed E-state index contributed by atoms with van der Waals surface area (Å²) in [6.07, 6.45) is 6.67. The van der Waals surface area contributed by atoms with E-state index in [1.54, 1.807) is 0 Å². The molecule has 2 aliphatic rings. The van der Waals surface area contributed by atoms with Gasteiger partial charge in [0.1, 0.15) is 0 Å². The predicted octanol–water partition coefficient (Wildman–Crippen LogP) is 2.41. The van der Waals surface area contributed by atoms with Crippen LogP contribution in [0.25, 0.3) is 0 Å². The van der Waals surface area contributed by atoms with Crippen molar-refractivity contribution in [2.45, 2.75) is 76.6 Å². The number of hydrogen-bond acceptors (Lipinski definition) is 3. The smallest absolute Gasteiger partial charge is 0.0749 e. The summed E-state index contributed by atoms with van der Waals surface area (Å²) in [5.74, 6) is 0. The number of methoxy groups -OCH3 is 1. The summed E-state index contributed by atoms with van der Waals surface area (Å²) >= 11 is 0. The first kappa shape index (κ1) is 14.3. The summed E-state index contributed by atoms with van der Waals surface area (Å²) in [6, 6.07) is 2.32. The van der Waals surface area contributed by atoms with Crippen molar-refractivity contribution in [1.29, 1.82) is 0 Å². The van der Waals surface area contributed by atoms with Crippen LogP contribution in [0.3, 0.4) is 0 Å². The fraction of sp³-hybridized carbons (Fsp3) is 1.00. The Morgan fingerprint density at radius 2 is 1.83 bits per heavy atom. The SMILES string of the molecule is CCCNC1CC2CCC(C1)N2CC(C)(C)OC. The molecule has 2 fully saturated rings. The van der Waals surface area contributed by atoms with Crippen molar-refractivity contribution in [2.24, 2.45) is 0 Å². The molecular formula is C15H30N2O. The number of fused-ring (bicyclic) bond motifs is 2. The van der Waals surface area contributed by atoms with Crippen molar-refractivity contribution in [1.82, 2.24) is 10.2 Å². The lowest BCUT2D eigenvalue weighted by atomic mass is 9.95. The minimum absolute atomic E-state index is 0.00940. The highest BCUT2D eigenvalue weighted by Crippen LogP contribution is 2.36. The van der Waals surface area contributed by atoms with Gasteiger partial charge >= 0.3 is 0 Å². The van der Waals surface area contributed by atoms with Crippen molar-refractivity contribution >= 4 is 0 Å². The summed E-state index contributed by atoms with van der Waals surface area (Å²) in [4.78, 5) is 2.72. The fourth-order valence-corrected chi connectivity index (χ4v) is 3.55. The lowest BCUT2D eigenvalue weighted by Gasteiger charge is -2.42. The van der Waals surface area contributed by atoms with Gasteiger partial charge in [-0.25, -0.2) is 0 Å². The zero-order chi connectivity index (χ0) is 13.2. The molecule has 0 aromatic carbocycles. The second kappa shape index (κ2) is 5.89. The van der Waals surface area contributed by atoms with E-state index in [0.29, 0.717) is 0 Å². The van der Waals surface area contributed by atoms with Crippen LogP contribution in [0.5, 0.6) is 0 Å². The van der Waals surface area contributed by atoms with Crippen LogP contribution in [0.15, 0.2) is 0 Å². The molecule has 0 aliphatic carbocycles. The van der Waals surface area contributed by atoms with E-state index in [-0.39, 0.29) is 5.60 Å². The van der Waals surface area contributed by atoms with Gasteiger partial charge in [-0.05, 0) is 52.5 Å². The number of nitrogens with one attached hydrogen (secondary N) is 1. The average molecular weight is 254 g/mol. The summed E-state index contributed by atoms with van der Waals surface area (Å²) in [6.45, 7) is 8.91. The maximum atomic E-state index is 5.60. The zero-order valence-electron chi connectivity index (χ0n) is 12.5. The third-order valence-electron chi connectivity index (χ3n) is 4.68. The Balaban J connectivity index is 1.90. The Bertz CT molecular complexity index is 253. The zero-order valence-corrected chi connectivity index (χ0v) is 12.5. The Hall–Kier alpha value is -0.120. The van der Waals surface area contributed by atoms with Gasteiger partial charge in [-0.15, -0.1) is 0 Å². The van der Waals surface area contributed by atoms with Crippen LogP contribution < -0.4 is 5.32 Å². The van der Waals surface area contributed by atoms with Crippen molar-refractivity contribution in [3.05, 3.63) is 0 Å². The summed E-state index contributed by atoms with van der Waals surface area (Å²) in [7, 11) is 1.83. The minimum atomic E-state index is -0.00940. The quantitative estimate of drug-likeness (QED) is 0.788. The molecule has 106 valence electrons. The summed E-state index contributed by atoms with van der Waals surface area (Å²) < 4.78 is 5.60. The molecule has 2 rings (SSSR count). The van der Waals surface area contributed by atoms with Gasteiger partial charge in [-0.2, -0.15) is 0 Å². The van der Waals surface area contributed by atoms with E-state index < -0.39 is 0 Å². The largest absolute Gasteiger partial charge is 0.377 e. The van der Waals surface area contributed by atoms with E-state index in [4.69, 9.17) is 4.74 Å². The Morgan fingerprint density at radius 1 is 1.22 bits per heavy atom. The molecule has 3 heteroatoms. The van der Waals surface area contributed by atoms with E-state index in [0.717, 1.165) is 24.7 Å². The van der Waals surface area contributed by atoms with Crippen LogP contribution in [-0.2, 0) is 4.74 Å². The molecule has 18 heavy (non-hydrogen) atoms. The average Bonchev–Trinajstić information content (AvgIpc) is 2.59. The van der Waals surface area contributed by atoms with Crippen molar-refractivity contribution in [3.63, 3.8) is 0 Å². The van der Waals surface area contributed by atoms with Crippen LogP contribution in [0.2, 0.25) is 0 Å². The fourth-order valence-electron chi connectivity index (χ4n) is 3.55. The molecule has 2 aliphatic heterocycles. The normalized spacial score (nSPS) is 33.0. The Labute approximate surface area is 112 Å². The predicted molar refractivity (Wildman–Crippen MR) is 75.9 cm³/mol. The first-order valence-electron chi connectivity index (χ1n) is 7.60. The standard InChI is InChI=1S/C15H30N2O/c1-5-8-16-12-9-13-6-7-14(10-12)17(13)11-15(2,3)18-4/h12-14,16H,5-11H2,1-4H3. The summed E-state index contributed by atoms with van der Waals surface area (Å²) in [5.41, 5.74) is -0.00940. The van der Waals surface area contributed by atoms with Gasteiger partial charge in [0.05, 0.1) is 5.60 Å². The van der Waals surface area contributed by atoms with E-state index in [1.807, 2.05) is 7.11 Å². The third kappa shape index (κ3) is 3.25. The van der Waals surface area contributed by atoms with Crippen LogP contribution in [0.1, 0.15) is 52.9 Å². The highest BCUT2D eigenvalue weighted by molar-refractivity contribution is 4.99. The van der Waals surface area contributed by atoms with Gasteiger partial charge in [0, 0.05) is 31.8 Å². The molecule has 2 bridgehead atoms. The minimum Gasteiger partial charge on any atom is -0.377 e. The molecular weight excluding hydrogens is 224 g/mol. The first-order chi connectivity index (χ1) is 8.55. The topological polar surface area (TPSA) is 24.5 Å². The molecule has 3 nitrogen and oxygen atoms in total. The third-order valence-corrected chi connectivity index (χ3v) is 4.68. The lowest BCUT2D eigenvalue weighted by Crippen LogP contribution is -2.53. The van der Waals surface area contributed by atoms with E-state index in [9.17, 15) is 0 Å². The van der Waals surface area contributed by atoms with E-state index in [1.165, 1.54) is 38.6 Å². The molecule has 0 saturated carbocycles. The maximum Gasteiger partial charge on any atom is 0.0749 e. The highest BCUT2D eigenvalue weighted by atomic mass is 16.5. The van der Waals surface area contributed by atoms with Crippen molar-refractivity contribution < 1.29 is 4.74 Å². The molecule has 2 atom stereocenters. The molecule has 0 aromatic rings. The first-order valence-corrected chi connectivity index (χ1v) is 7.60. The molecule has 2 unspecified atom stereocenters. The van der Waals surface area contributed by atoms with Gasteiger partial charge < -0.3 is 10.1 Å². The number of piperidine rings is 1.